The largest absolute Gasteiger partial charge is 0.455 e. The molecule has 9 nitrogen and oxygen atoms in total. The number of hydrogen-bond acceptors (Lipinski definition) is 9. The predicted molar refractivity (Wildman–Crippen MR) is 133 cm³/mol. The Hall–Kier alpha value is -2.59. The Balaban J connectivity index is 1.79. The number of aliphatic hydroxyl groups is 3. The van der Waals surface area contributed by atoms with Crippen molar-refractivity contribution in [1.82, 2.24) is 0 Å². The Morgan fingerprint density at radius 1 is 1.11 bits per heavy atom. The number of rotatable bonds is 3. The molecule has 1 radical (unpaired) electrons. The number of carbonyl (C=O) groups excluding carboxylic acids is 3. The molecule has 0 amide bonds. The lowest BCUT2D eigenvalue weighted by Gasteiger charge is -2.67. The minimum absolute atomic E-state index is 0.0351. The van der Waals surface area contributed by atoms with Crippen LogP contribution < -0.4 is 0 Å². The summed E-state index contributed by atoms with van der Waals surface area (Å²) in [6.45, 7) is 7.77. The zero-order valence-corrected chi connectivity index (χ0v) is 22.3. The predicted octanol–water partition coefficient (Wildman–Crippen LogP) is 1.93. The smallest absolute Gasteiger partial charge is 0.338 e. The maximum absolute atomic E-state index is 14.2. The van der Waals surface area contributed by atoms with E-state index in [1.54, 1.807) is 57.5 Å². The molecule has 3 fully saturated rings. The van der Waals surface area contributed by atoms with Crippen LogP contribution in [0.5, 0.6) is 0 Å². The van der Waals surface area contributed by atoms with Gasteiger partial charge in [-0.3, -0.25) is 9.59 Å². The molecular weight excluding hydrogens is 492 g/mol. The number of hydrogen-bond donors (Lipinski definition) is 3. The van der Waals surface area contributed by atoms with Gasteiger partial charge in [0.1, 0.15) is 23.9 Å². The van der Waals surface area contributed by atoms with Crippen molar-refractivity contribution in [1.29, 1.82) is 0 Å². The summed E-state index contributed by atoms with van der Waals surface area (Å²) in [5, 5.41) is 35.6. The average molecular weight is 528 g/mol. The lowest BCUT2D eigenvalue weighted by atomic mass is 9.45. The van der Waals surface area contributed by atoms with Gasteiger partial charge in [0, 0.05) is 18.8 Å². The van der Waals surface area contributed by atoms with Gasteiger partial charge in [0.2, 0.25) is 0 Å². The Labute approximate surface area is 221 Å². The fraction of sp³-hybridized carbons (Fsp3) is 0.586. The molecule has 205 valence electrons. The Morgan fingerprint density at radius 2 is 1.76 bits per heavy atom. The van der Waals surface area contributed by atoms with Crippen molar-refractivity contribution in [3.63, 3.8) is 0 Å². The third-order valence-electron chi connectivity index (χ3n) is 9.66. The molecule has 1 heterocycles. The third kappa shape index (κ3) is 3.41. The molecule has 1 aliphatic heterocycles. The first-order valence-corrected chi connectivity index (χ1v) is 13.0. The van der Waals surface area contributed by atoms with Gasteiger partial charge in [-0.2, -0.15) is 0 Å². The summed E-state index contributed by atoms with van der Waals surface area (Å²) in [7, 11) is 0. The molecule has 38 heavy (non-hydrogen) atoms. The fourth-order valence-corrected chi connectivity index (χ4v) is 7.45. The van der Waals surface area contributed by atoms with E-state index in [4.69, 9.17) is 14.2 Å². The van der Waals surface area contributed by atoms with Crippen molar-refractivity contribution in [2.24, 2.45) is 16.7 Å². The van der Waals surface area contributed by atoms with Crippen molar-refractivity contribution in [2.75, 3.05) is 6.61 Å². The number of ether oxygens (including phenoxy) is 3. The topological polar surface area (TPSA) is 140 Å². The van der Waals surface area contributed by atoms with Crippen molar-refractivity contribution in [2.45, 2.75) is 83.1 Å². The van der Waals surface area contributed by atoms with Crippen LogP contribution in [0.15, 0.2) is 41.5 Å². The van der Waals surface area contributed by atoms with Gasteiger partial charge in [-0.1, -0.05) is 37.6 Å². The maximum atomic E-state index is 14.2. The summed E-state index contributed by atoms with van der Waals surface area (Å²) >= 11 is 0. The SMILES string of the molecule is CC(=O)O[C@@]12CO[C@@H]1C[C@H](O)[C@@]1(C)C(=O)[C@H](O)C3=C(C)[CH]C[C@@](O)([C@@H](OC(=O)c4ccccc4)[C@H]21)C3(C)C. The molecule has 1 saturated heterocycles. The molecule has 2 bridgehead atoms. The lowest BCUT2D eigenvalue weighted by molar-refractivity contribution is -0.344. The van der Waals surface area contributed by atoms with E-state index in [-0.39, 0.29) is 25.0 Å². The number of fused-ring (bicyclic) bond motifs is 5. The summed E-state index contributed by atoms with van der Waals surface area (Å²) in [4.78, 5) is 40.2. The molecular formula is C29H35O9. The number of allylic oxidation sites excluding steroid dienone is 1. The Morgan fingerprint density at radius 3 is 2.34 bits per heavy atom. The summed E-state index contributed by atoms with van der Waals surface area (Å²) in [6, 6.07) is 8.25. The van der Waals surface area contributed by atoms with Crippen molar-refractivity contribution < 1.29 is 43.9 Å². The highest BCUT2D eigenvalue weighted by Crippen LogP contribution is 2.63. The zero-order valence-electron chi connectivity index (χ0n) is 22.3. The van der Waals surface area contributed by atoms with Crippen LogP contribution in [-0.2, 0) is 23.8 Å². The lowest BCUT2D eigenvalue weighted by Crippen LogP contribution is -2.81. The first-order chi connectivity index (χ1) is 17.7. The van der Waals surface area contributed by atoms with Crippen LogP contribution in [0, 0.1) is 23.2 Å². The van der Waals surface area contributed by atoms with Crippen LogP contribution in [0.1, 0.15) is 57.8 Å². The monoisotopic (exact) mass is 527 g/mol. The molecule has 1 aromatic carbocycles. The highest BCUT2D eigenvalue weighted by atomic mass is 16.6. The van der Waals surface area contributed by atoms with Crippen LogP contribution in [-0.4, -0.2) is 75.3 Å². The van der Waals surface area contributed by atoms with Gasteiger partial charge in [-0.05, 0) is 44.4 Å². The molecule has 2 saturated carbocycles. The van der Waals surface area contributed by atoms with Crippen LogP contribution in [0.2, 0.25) is 0 Å². The highest BCUT2D eigenvalue weighted by Gasteiger charge is 2.77. The molecule has 0 unspecified atom stereocenters. The van der Waals surface area contributed by atoms with Gasteiger partial charge in [0.15, 0.2) is 11.4 Å². The number of Topliss-reactive ketones (excluding diaryl/α,β-unsaturated/α-hetero) is 1. The second-order valence-corrected chi connectivity index (χ2v) is 11.9. The van der Waals surface area contributed by atoms with Crippen molar-refractivity contribution >= 4 is 17.7 Å². The fourth-order valence-electron chi connectivity index (χ4n) is 7.45. The van der Waals surface area contributed by atoms with Crippen LogP contribution in [0.25, 0.3) is 0 Å². The van der Waals surface area contributed by atoms with E-state index in [9.17, 15) is 29.7 Å². The second-order valence-electron chi connectivity index (χ2n) is 11.9. The summed E-state index contributed by atoms with van der Waals surface area (Å²) in [5.74, 6) is -3.29. The number of ketones is 1. The minimum atomic E-state index is -1.84. The number of benzene rings is 1. The van der Waals surface area contributed by atoms with E-state index in [0.717, 1.165) is 0 Å². The van der Waals surface area contributed by atoms with Crippen LogP contribution in [0.3, 0.4) is 0 Å². The van der Waals surface area contributed by atoms with E-state index in [1.807, 2.05) is 0 Å². The normalized spacial score (nSPS) is 41.6. The minimum Gasteiger partial charge on any atom is -0.455 e. The molecule has 3 N–H and O–H groups in total. The van der Waals surface area contributed by atoms with E-state index in [2.05, 4.69) is 0 Å². The second kappa shape index (κ2) is 8.71. The Kier molecular flexibility index (Phi) is 6.19. The molecule has 3 aliphatic carbocycles. The van der Waals surface area contributed by atoms with Gasteiger partial charge in [0.25, 0.3) is 0 Å². The van der Waals surface area contributed by atoms with Gasteiger partial charge in [-0.25, -0.2) is 4.79 Å². The molecule has 5 rings (SSSR count). The molecule has 4 aliphatic rings. The number of carbonyl (C=O) groups is 3. The van der Waals surface area contributed by atoms with Crippen LogP contribution >= 0.6 is 0 Å². The molecule has 1 aromatic rings. The first-order valence-electron chi connectivity index (χ1n) is 13.0. The van der Waals surface area contributed by atoms with E-state index < -0.39 is 70.1 Å². The summed E-state index contributed by atoms with van der Waals surface area (Å²) < 4.78 is 17.8. The first kappa shape index (κ1) is 27.0. The van der Waals surface area contributed by atoms with E-state index in [0.29, 0.717) is 11.1 Å². The highest BCUT2D eigenvalue weighted by molar-refractivity contribution is 5.94. The van der Waals surface area contributed by atoms with Gasteiger partial charge in [0.05, 0.1) is 29.6 Å². The van der Waals surface area contributed by atoms with Crippen molar-refractivity contribution in [3.8, 4) is 0 Å². The average Bonchev–Trinajstić information content (AvgIpc) is 2.85. The maximum Gasteiger partial charge on any atom is 0.338 e. The Bertz CT molecular complexity index is 1210. The van der Waals surface area contributed by atoms with Crippen molar-refractivity contribution in [3.05, 3.63) is 53.5 Å². The standard InChI is InChI=1S/C29H35O9/c1-15-11-12-29(35)24(37-25(34)17-9-7-6-8-10-17)22-27(5,23(33)21(32)20(15)26(29,3)4)18(31)13-19-28(22,14-36-19)38-16(2)30/h6-11,18-19,21-22,24,31-32,35H,12-14H2,1-5H3/t18-,19+,21+,22-,24-,27+,28-,29+/m0/s1. The van der Waals surface area contributed by atoms with Gasteiger partial charge < -0.3 is 29.5 Å². The molecule has 0 aromatic heterocycles. The van der Waals surface area contributed by atoms with E-state index >= 15 is 0 Å². The molecule has 9 heteroatoms. The summed E-state index contributed by atoms with van der Waals surface area (Å²) in [5.41, 5.74) is -5.15. The zero-order chi connectivity index (χ0) is 27.8. The third-order valence-corrected chi connectivity index (χ3v) is 9.66. The van der Waals surface area contributed by atoms with Crippen LogP contribution in [0.4, 0.5) is 0 Å². The quantitative estimate of drug-likeness (QED) is 0.503. The van der Waals surface area contributed by atoms with Gasteiger partial charge in [-0.15, -0.1) is 0 Å². The number of aliphatic hydroxyl groups excluding tert-OH is 2. The summed E-state index contributed by atoms with van der Waals surface area (Å²) in [6.07, 6.45) is -3.48. The molecule has 8 atom stereocenters. The van der Waals surface area contributed by atoms with Gasteiger partial charge >= 0.3 is 11.9 Å². The molecule has 0 spiro atoms. The van der Waals surface area contributed by atoms with E-state index in [1.165, 1.54) is 13.8 Å². The number of esters is 2.